The van der Waals surface area contributed by atoms with Crippen LogP contribution in [0.5, 0.6) is 0 Å². The van der Waals surface area contributed by atoms with E-state index in [4.69, 9.17) is 9.84 Å². The lowest BCUT2D eigenvalue weighted by molar-refractivity contribution is -0.133. The summed E-state index contributed by atoms with van der Waals surface area (Å²) < 4.78 is 7.22. The third kappa shape index (κ3) is 2.95. The highest BCUT2D eigenvalue weighted by molar-refractivity contribution is 7.99. The molecule has 2 unspecified atom stereocenters. The number of aliphatic carboxylic acids is 1. The highest BCUT2D eigenvalue weighted by Crippen LogP contribution is 2.26. The van der Waals surface area contributed by atoms with Gasteiger partial charge in [-0.1, -0.05) is 11.8 Å². The van der Waals surface area contributed by atoms with Gasteiger partial charge < -0.3 is 9.84 Å². The summed E-state index contributed by atoms with van der Waals surface area (Å²) in [4.78, 5) is 10.5. The fourth-order valence-corrected chi connectivity index (χ4v) is 2.48. The van der Waals surface area contributed by atoms with Crippen molar-refractivity contribution in [1.82, 2.24) is 20.2 Å². The molecule has 8 heteroatoms. The van der Waals surface area contributed by atoms with Gasteiger partial charge in [-0.3, -0.25) is 4.79 Å². The number of tetrazole rings is 1. The van der Waals surface area contributed by atoms with Crippen LogP contribution >= 0.6 is 11.8 Å². The number of carboxylic acid groups (broad SMARTS) is 1. The van der Waals surface area contributed by atoms with E-state index in [2.05, 4.69) is 15.5 Å². The summed E-state index contributed by atoms with van der Waals surface area (Å²) in [7, 11) is 0. The maximum atomic E-state index is 10.5. The summed E-state index contributed by atoms with van der Waals surface area (Å²) in [5, 5.41) is 20.5. The first-order chi connectivity index (χ1) is 8.18. The first kappa shape index (κ1) is 12.3. The van der Waals surface area contributed by atoms with Gasteiger partial charge in [0.15, 0.2) is 0 Å². The highest BCUT2D eigenvalue weighted by Gasteiger charge is 2.26. The second-order valence-corrected chi connectivity index (χ2v) is 4.82. The van der Waals surface area contributed by atoms with E-state index in [1.54, 1.807) is 4.68 Å². The summed E-state index contributed by atoms with van der Waals surface area (Å²) in [5.41, 5.74) is 0. The molecule has 17 heavy (non-hydrogen) atoms. The Hall–Kier alpha value is -1.15. The molecule has 0 spiro atoms. The minimum absolute atomic E-state index is 0.0313. The van der Waals surface area contributed by atoms with Crippen LogP contribution in [-0.4, -0.2) is 49.7 Å². The molecular formula is C9H14N4O3S. The van der Waals surface area contributed by atoms with Crippen LogP contribution in [0.4, 0.5) is 0 Å². The molecule has 0 amide bonds. The number of carboxylic acids is 1. The number of ether oxygens (including phenoxy) is 1. The molecule has 1 aliphatic heterocycles. The van der Waals surface area contributed by atoms with Gasteiger partial charge in [0.25, 0.3) is 0 Å². The van der Waals surface area contributed by atoms with Crippen LogP contribution in [0.3, 0.4) is 0 Å². The van der Waals surface area contributed by atoms with Crippen molar-refractivity contribution in [2.24, 2.45) is 0 Å². The molecule has 94 valence electrons. The van der Waals surface area contributed by atoms with Crippen LogP contribution in [0.25, 0.3) is 0 Å². The number of carbonyl (C=O) groups is 1. The first-order valence-corrected chi connectivity index (χ1v) is 6.41. The molecule has 2 heterocycles. The maximum Gasteiger partial charge on any atom is 0.313 e. The fraction of sp³-hybridized carbons (Fsp3) is 0.778. The Kier molecular flexibility index (Phi) is 3.95. The summed E-state index contributed by atoms with van der Waals surface area (Å²) in [5.74, 6) is -0.923. The zero-order valence-electron chi connectivity index (χ0n) is 9.44. The van der Waals surface area contributed by atoms with E-state index in [1.807, 2.05) is 6.92 Å². The summed E-state index contributed by atoms with van der Waals surface area (Å²) >= 11 is 1.12. The second-order valence-electron chi connectivity index (χ2n) is 3.88. The van der Waals surface area contributed by atoms with Crippen molar-refractivity contribution in [2.75, 3.05) is 12.4 Å². The van der Waals surface area contributed by atoms with Crippen molar-refractivity contribution in [2.45, 2.75) is 37.1 Å². The van der Waals surface area contributed by atoms with Crippen LogP contribution in [0.15, 0.2) is 5.16 Å². The van der Waals surface area contributed by atoms with E-state index in [1.165, 1.54) is 0 Å². The molecule has 0 aromatic carbocycles. The number of nitrogens with zero attached hydrogens (tertiary/aromatic N) is 4. The zero-order valence-corrected chi connectivity index (χ0v) is 10.3. The summed E-state index contributed by atoms with van der Waals surface area (Å²) in [6.07, 6.45) is 2.15. The van der Waals surface area contributed by atoms with E-state index < -0.39 is 5.97 Å². The van der Waals surface area contributed by atoms with Crippen molar-refractivity contribution in [3.8, 4) is 0 Å². The van der Waals surface area contributed by atoms with Gasteiger partial charge in [0.05, 0.1) is 17.9 Å². The number of hydrogen-bond acceptors (Lipinski definition) is 6. The quantitative estimate of drug-likeness (QED) is 0.773. The van der Waals surface area contributed by atoms with Gasteiger partial charge in [0.1, 0.15) is 0 Å². The minimum Gasteiger partial charge on any atom is -0.481 e. The zero-order chi connectivity index (χ0) is 12.3. The van der Waals surface area contributed by atoms with Crippen LogP contribution in [0.2, 0.25) is 0 Å². The van der Waals surface area contributed by atoms with E-state index in [9.17, 15) is 4.79 Å². The lowest BCUT2D eigenvalue weighted by Gasteiger charge is -2.18. The molecular weight excluding hydrogens is 244 g/mol. The standard InChI is InChI=1S/C9H14N4O3S/c1-6(7-3-2-4-16-7)13-9(10-11-12-13)17-5-8(14)15/h6-7H,2-5H2,1H3,(H,14,15). The van der Waals surface area contributed by atoms with Gasteiger partial charge in [-0.15, -0.1) is 5.10 Å². The molecule has 0 aliphatic carbocycles. The smallest absolute Gasteiger partial charge is 0.313 e. The molecule has 0 bridgehead atoms. The van der Waals surface area contributed by atoms with Gasteiger partial charge in [0, 0.05) is 6.61 Å². The number of thioether (sulfide) groups is 1. The molecule has 2 atom stereocenters. The molecule has 7 nitrogen and oxygen atoms in total. The summed E-state index contributed by atoms with van der Waals surface area (Å²) in [6, 6.07) is 0.0313. The largest absolute Gasteiger partial charge is 0.481 e. The molecule has 1 aliphatic rings. The Labute approximate surface area is 103 Å². The van der Waals surface area contributed by atoms with Crippen LogP contribution in [-0.2, 0) is 9.53 Å². The van der Waals surface area contributed by atoms with Crippen molar-refractivity contribution < 1.29 is 14.6 Å². The number of rotatable bonds is 5. The third-order valence-electron chi connectivity index (χ3n) is 2.68. The van der Waals surface area contributed by atoms with Crippen LogP contribution in [0.1, 0.15) is 25.8 Å². The average molecular weight is 258 g/mol. The van der Waals surface area contributed by atoms with Gasteiger partial charge in [-0.25, -0.2) is 4.68 Å². The van der Waals surface area contributed by atoms with E-state index >= 15 is 0 Å². The SMILES string of the molecule is CC(C1CCCO1)n1nnnc1SCC(=O)O. The lowest BCUT2D eigenvalue weighted by Crippen LogP contribution is -2.22. The van der Waals surface area contributed by atoms with Gasteiger partial charge in [-0.2, -0.15) is 0 Å². The molecule has 2 rings (SSSR count). The maximum absolute atomic E-state index is 10.5. The monoisotopic (exact) mass is 258 g/mol. The Morgan fingerprint density at radius 2 is 2.59 bits per heavy atom. The van der Waals surface area contributed by atoms with Gasteiger partial charge in [-0.05, 0) is 30.2 Å². The average Bonchev–Trinajstić information content (AvgIpc) is 2.96. The Balaban J connectivity index is 2.04. The molecule has 0 saturated carbocycles. The van der Waals surface area contributed by atoms with Crippen LogP contribution in [0, 0.1) is 0 Å². The van der Waals surface area contributed by atoms with Crippen molar-refractivity contribution in [3.63, 3.8) is 0 Å². The van der Waals surface area contributed by atoms with Gasteiger partial charge in [0.2, 0.25) is 5.16 Å². The predicted octanol–water partition coefficient (Wildman–Crippen LogP) is 0.590. The van der Waals surface area contributed by atoms with E-state index in [0.29, 0.717) is 5.16 Å². The fourth-order valence-electron chi connectivity index (χ4n) is 1.80. The minimum atomic E-state index is -0.880. The predicted molar refractivity (Wildman–Crippen MR) is 59.9 cm³/mol. The van der Waals surface area contributed by atoms with E-state index in [-0.39, 0.29) is 17.9 Å². The molecule has 1 fully saturated rings. The third-order valence-corrected chi connectivity index (χ3v) is 3.59. The molecule has 1 aromatic rings. The molecule has 1 N–H and O–H groups in total. The topological polar surface area (TPSA) is 90.1 Å². The molecule has 1 saturated heterocycles. The Morgan fingerprint density at radius 1 is 1.76 bits per heavy atom. The number of aromatic nitrogens is 4. The molecule has 0 radical (unpaired) electrons. The van der Waals surface area contributed by atoms with Crippen molar-refractivity contribution in [3.05, 3.63) is 0 Å². The highest BCUT2D eigenvalue weighted by atomic mass is 32.2. The second kappa shape index (κ2) is 5.46. The van der Waals surface area contributed by atoms with Gasteiger partial charge >= 0.3 is 5.97 Å². The van der Waals surface area contributed by atoms with Crippen molar-refractivity contribution >= 4 is 17.7 Å². The van der Waals surface area contributed by atoms with Crippen LogP contribution < -0.4 is 0 Å². The van der Waals surface area contributed by atoms with E-state index in [0.717, 1.165) is 31.2 Å². The number of hydrogen-bond donors (Lipinski definition) is 1. The Bertz CT molecular complexity index is 391. The first-order valence-electron chi connectivity index (χ1n) is 5.42. The lowest BCUT2D eigenvalue weighted by atomic mass is 10.1. The van der Waals surface area contributed by atoms with Crippen molar-refractivity contribution in [1.29, 1.82) is 0 Å². The molecule has 1 aromatic heterocycles. The summed E-state index contributed by atoms with van der Waals surface area (Å²) in [6.45, 7) is 2.76. The normalized spacial score (nSPS) is 21.6. The Morgan fingerprint density at radius 3 is 3.24 bits per heavy atom.